The average Bonchev–Trinajstić information content (AvgIpc) is 2.67. The van der Waals surface area contributed by atoms with E-state index in [0.29, 0.717) is 6.54 Å². The number of hydrogen-bond donors (Lipinski definition) is 1. The molecule has 0 fully saturated rings. The predicted molar refractivity (Wildman–Crippen MR) is 103 cm³/mol. The molecule has 4 nitrogen and oxygen atoms in total. The number of nitrogens with zero attached hydrogens (tertiary/aromatic N) is 2. The van der Waals surface area contributed by atoms with E-state index in [0.717, 1.165) is 31.3 Å². The van der Waals surface area contributed by atoms with Gasteiger partial charge in [-0.2, -0.15) is 0 Å². The number of nitrogens with one attached hydrogen (secondary N) is 1. The minimum Gasteiger partial charge on any atom is -0.334 e. The molecule has 2 aromatic rings. The van der Waals surface area contributed by atoms with Gasteiger partial charge >= 0.3 is 6.03 Å². The highest BCUT2D eigenvalue weighted by atomic mass is 19.1. The molecular formula is C21H27F2N3O. The van der Waals surface area contributed by atoms with Crippen molar-refractivity contribution in [1.29, 1.82) is 0 Å². The molecule has 0 aliphatic carbocycles. The Bertz CT molecular complexity index is 763. The lowest BCUT2D eigenvalue weighted by Gasteiger charge is -2.21. The van der Waals surface area contributed by atoms with Crippen LogP contribution in [0.1, 0.15) is 30.5 Å². The van der Waals surface area contributed by atoms with Crippen LogP contribution >= 0.6 is 0 Å². The number of halogens is 2. The lowest BCUT2D eigenvalue weighted by molar-refractivity contribution is 0.206. The zero-order chi connectivity index (χ0) is 19.8. The first-order valence-electron chi connectivity index (χ1n) is 9.16. The van der Waals surface area contributed by atoms with Gasteiger partial charge in [0, 0.05) is 38.3 Å². The largest absolute Gasteiger partial charge is 0.334 e. The van der Waals surface area contributed by atoms with E-state index in [1.807, 2.05) is 18.2 Å². The van der Waals surface area contributed by atoms with Crippen molar-refractivity contribution in [2.24, 2.45) is 0 Å². The molecule has 0 bridgehead atoms. The van der Waals surface area contributed by atoms with E-state index < -0.39 is 11.6 Å². The first kappa shape index (κ1) is 20.8. The summed E-state index contributed by atoms with van der Waals surface area (Å²) >= 11 is 0. The minimum atomic E-state index is -0.654. The lowest BCUT2D eigenvalue weighted by atomic mass is 10.1. The molecule has 0 aliphatic heterocycles. The van der Waals surface area contributed by atoms with E-state index in [-0.39, 0.29) is 18.1 Å². The number of carbonyl (C=O) groups excluding carboxylic acids is 1. The SMILES string of the molecule is CCN(CC)Cc1ccccc1CNC(=O)N(C)Cc1ccc(F)cc1F. The van der Waals surface area contributed by atoms with Crippen LogP contribution < -0.4 is 5.32 Å². The Hall–Kier alpha value is -2.47. The molecular weight excluding hydrogens is 348 g/mol. The van der Waals surface area contributed by atoms with Gasteiger partial charge in [-0.15, -0.1) is 0 Å². The van der Waals surface area contributed by atoms with Crippen molar-refractivity contribution in [2.45, 2.75) is 33.5 Å². The van der Waals surface area contributed by atoms with Crippen LogP contribution in [0.2, 0.25) is 0 Å². The molecule has 2 rings (SSSR count). The van der Waals surface area contributed by atoms with Crippen molar-refractivity contribution in [3.8, 4) is 0 Å². The molecule has 0 radical (unpaired) electrons. The Morgan fingerprint density at radius 3 is 2.26 bits per heavy atom. The smallest absolute Gasteiger partial charge is 0.317 e. The van der Waals surface area contributed by atoms with E-state index in [9.17, 15) is 13.6 Å². The maximum atomic E-state index is 13.8. The molecule has 0 unspecified atom stereocenters. The highest BCUT2D eigenvalue weighted by molar-refractivity contribution is 5.73. The first-order chi connectivity index (χ1) is 12.9. The Kier molecular flexibility index (Phi) is 7.73. The summed E-state index contributed by atoms with van der Waals surface area (Å²) in [5.74, 6) is -1.28. The zero-order valence-electron chi connectivity index (χ0n) is 16.1. The third kappa shape index (κ3) is 6.03. The number of urea groups is 1. The first-order valence-corrected chi connectivity index (χ1v) is 9.16. The highest BCUT2D eigenvalue weighted by Crippen LogP contribution is 2.13. The van der Waals surface area contributed by atoms with Gasteiger partial charge < -0.3 is 10.2 Å². The molecule has 2 amide bonds. The topological polar surface area (TPSA) is 35.6 Å². The molecule has 1 N–H and O–H groups in total. The van der Waals surface area contributed by atoms with Gasteiger partial charge in [-0.3, -0.25) is 4.90 Å². The van der Waals surface area contributed by atoms with Crippen LogP contribution in [0.15, 0.2) is 42.5 Å². The number of rotatable bonds is 8. The molecule has 0 heterocycles. The number of carbonyl (C=O) groups is 1. The summed E-state index contributed by atoms with van der Waals surface area (Å²) in [6, 6.07) is 11.1. The van der Waals surface area contributed by atoms with Crippen molar-refractivity contribution in [1.82, 2.24) is 15.1 Å². The highest BCUT2D eigenvalue weighted by Gasteiger charge is 2.13. The Labute approximate surface area is 159 Å². The van der Waals surface area contributed by atoms with Crippen LogP contribution in [0.25, 0.3) is 0 Å². The fraction of sp³-hybridized carbons (Fsp3) is 0.381. The third-order valence-corrected chi connectivity index (χ3v) is 4.61. The lowest BCUT2D eigenvalue weighted by Crippen LogP contribution is -2.37. The van der Waals surface area contributed by atoms with E-state index in [1.54, 1.807) is 7.05 Å². The molecule has 0 saturated heterocycles. The molecule has 0 aliphatic rings. The number of hydrogen-bond acceptors (Lipinski definition) is 2. The van der Waals surface area contributed by atoms with Gasteiger partial charge in [-0.05, 0) is 30.3 Å². The minimum absolute atomic E-state index is 0.0685. The second-order valence-electron chi connectivity index (χ2n) is 6.48. The summed E-state index contributed by atoms with van der Waals surface area (Å²) in [4.78, 5) is 16.0. The summed E-state index contributed by atoms with van der Waals surface area (Å²) in [7, 11) is 1.58. The van der Waals surface area contributed by atoms with Gasteiger partial charge in [0.25, 0.3) is 0 Å². The van der Waals surface area contributed by atoms with Crippen molar-refractivity contribution in [3.63, 3.8) is 0 Å². The standard InChI is InChI=1S/C21H27F2N3O/c1-4-26(5-2)15-17-9-7-6-8-16(17)13-24-21(27)25(3)14-18-10-11-19(22)12-20(18)23/h6-12H,4-5,13-15H2,1-3H3,(H,24,27). The fourth-order valence-corrected chi connectivity index (χ4v) is 2.86. The predicted octanol–water partition coefficient (Wildman–Crippen LogP) is 4.15. The van der Waals surface area contributed by atoms with Gasteiger partial charge in [0.05, 0.1) is 0 Å². The molecule has 0 atom stereocenters. The molecule has 0 saturated carbocycles. The summed E-state index contributed by atoms with van der Waals surface area (Å²) in [5, 5.41) is 2.87. The molecule has 6 heteroatoms. The van der Waals surface area contributed by atoms with Crippen LogP contribution in [-0.4, -0.2) is 36.0 Å². The van der Waals surface area contributed by atoms with Crippen LogP contribution in [-0.2, 0) is 19.6 Å². The fourth-order valence-electron chi connectivity index (χ4n) is 2.86. The molecule has 27 heavy (non-hydrogen) atoms. The van der Waals surface area contributed by atoms with Crippen LogP contribution in [0.5, 0.6) is 0 Å². The van der Waals surface area contributed by atoms with Crippen LogP contribution in [0, 0.1) is 11.6 Å². The number of benzene rings is 2. The Morgan fingerprint density at radius 1 is 0.963 bits per heavy atom. The van der Waals surface area contributed by atoms with Gasteiger partial charge in [-0.25, -0.2) is 13.6 Å². The second-order valence-corrected chi connectivity index (χ2v) is 6.48. The van der Waals surface area contributed by atoms with Crippen molar-refractivity contribution in [2.75, 3.05) is 20.1 Å². The maximum absolute atomic E-state index is 13.8. The maximum Gasteiger partial charge on any atom is 0.317 e. The average molecular weight is 375 g/mol. The van der Waals surface area contributed by atoms with Gasteiger partial charge in [0.15, 0.2) is 0 Å². The zero-order valence-corrected chi connectivity index (χ0v) is 16.1. The van der Waals surface area contributed by atoms with Crippen molar-refractivity contribution in [3.05, 3.63) is 70.8 Å². The van der Waals surface area contributed by atoms with Gasteiger partial charge in [0.2, 0.25) is 0 Å². The number of amides is 2. The monoisotopic (exact) mass is 375 g/mol. The van der Waals surface area contributed by atoms with E-state index in [2.05, 4.69) is 30.1 Å². The third-order valence-electron chi connectivity index (χ3n) is 4.61. The molecule has 2 aromatic carbocycles. The van der Waals surface area contributed by atoms with Crippen molar-refractivity contribution >= 4 is 6.03 Å². The summed E-state index contributed by atoms with van der Waals surface area (Å²) in [6.45, 7) is 7.46. The molecule has 146 valence electrons. The van der Waals surface area contributed by atoms with E-state index in [1.165, 1.54) is 22.6 Å². The second kappa shape index (κ2) is 10.0. The van der Waals surface area contributed by atoms with Gasteiger partial charge in [-0.1, -0.05) is 44.2 Å². The summed E-state index contributed by atoms with van der Waals surface area (Å²) < 4.78 is 26.8. The summed E-state index contributed by atoms with van der Waals surface area (Å²) in [6.07, 6.45) is 0. The normalized spacial score (nSPS) is 10.9. The van der Waals surface area contributed by atoms with E-state index in [4.69, 9.17) is 0 Å². The molecule has 0 aromatic heterocycles. The quantitative estimate of drug-likeness (QED) is 0.752. The van der Waals surface area contributed by atoms with E-state index >= 15 is 0 Å². The Morgan fingerprint density at radius 2 is 1.63 bits per heavy atom. The summed E-state index contributed by atoms with van der Waals surface area (Å²) in [5.41, 5.74) is 2.50. The van der Waals surface area contributed by atoms with Crippen molar-refractivity contribution < 1.29 is 13.6 Å². The molecule has 0 spiro atoms. The van der Waals surface area contributed by atoms with Gasteiger partial charge in [0.1, 0.15) is 11.6 Å². The Balaban J connectivity index is 1.96. The van der Waals surface area contributed by atoms with Crippen LogP contribution in [0.3, 0.4) is 0 Å². The van der Waals surface area contributed by atoms with Crippen LogP contribution in [0.4, 0.5) is 13.6 Å².